The molecule has 1 rings (SSSR count). The van der Waals surface area contributed by atoms with Crippen molar-refractivity contribution in [2.24, 2.45) is 0 Å². The molecule has 0 atom stereocenters. The average Bonchev–Trinajstić information content (AvgIpc) is 2.20. The summed E-state index contributed by atoms with van der Waals surface area (Å²) in [5, 5.41) is 0. The van der Waals surface area contributed by atoms with Crippen molar-refractivity contribution in [2.75, 3.05) is 12.8 Å². The van der Waals surface area contributed by atoms with E-state index in [4.69, 9.17) is 4.79 Å². The molecule has 1 heterocycles. The van der Waals surface area contributed by atoms with Gasteiger partial charge in [-0.2, -0.15) is 0 Å². The molecule has 0 aromatic heterocycles. The number of nitrogens with zero attached hydrogens (tertiary/aromatic N) is 1. The molecule has 0 aromatic carbocycles. The number of Topliss-reactive ketones (excluding diaryl/α,β-unsaturated/α-hetero) is 1. The van der Waals surface area contributed by atoms with E-state index in [2.05, 4.69) is 6.79 Å². The van der Waals surface area contributed by atoms with Crippen LogP contribution in [0.3, 0.4) is 0 Å². The quantitative estimate of drug-likeness (QED) is 0.224. The SMILES string of the molecule is CN1[CH-]C(=O)CS1.[CH-]=O.[Ca+2]. The van der Waals surface area contributed by atoms with Gasteiger partial charge in [-0.15, -0.1) is 11.9 Å². The van der Waals surface area contributed by atoms with Crippen LogP contribution in [-0.2, 0) is 9.59 Å². The summed E-state index contributed by atoms with van der Waals surface area (Å²) in [5.41, 5.74) is 0. The maximum atomic E-state index is 10.3. The third kappa shape index (κ3) is 5.56. The number of rotatable bonds is 0. The number of hydrogen-bond donors (Lipinski definition) is 0. The van der Waals surface area contributed by atoms with Crippen LogP contribution in [0.1, 0.15) is 0 Å². The van der Waals surface area contributed by atoms with Gasteiger partial charge < -0.3 is 13.9 Å². The fourth-order valence-corrected chi connectivity index (χ4v) is 1.04. The van der Waals surface area contributed by atoms with Gasteiger partial charge in [-0.25, -0.2) is 0 Å². The zero-order chi connectivity index (χ0) is 7.28. The molecule has 10 heavy (non-hydrogen) atoms. The van der Waals surface area contributed by atoms with Crippen molar-refractivity contribution in [1.29, 1.82) is 0 Å². The summed E-state index contributed by atoms with van der Waals surface area (Å²) in [6.07, 6.45) is 0. The Kier molecular flexibility index (Phi) is 10.5. The minimum Gasteiger partial charge on any atom is -0.545 e. The van der Waals surface area contributed by atoms with Crippen LogP contribution >= 0.6 is 11.9 Å². The maximum Gasteiger partial charge on any atom is 2.00 e. The van der Waals surface area contributed by atoms with E-state index in [-0.39, 0.29) is 43.5 Å². The molecule has 0 aromatic rings. The Bertz CT molecular complexity index is 112. The standard InChI is InChI=1S/C4H6NOS.CHO.Ca/c1-5-2-4(6)3-7-5;1-2;/h2H,3H2,1H3;1H;/q2*-1;+2. The van der Waals surface area contributed by atoms with Crippen LogP contribution < -0.4 is 0 Å². The fraction of sp³-hybridized carbons (Fsp3) is 0.400. The van der Waals surface area contributed by atoms with Crippen molar-refractivity contribution >= 4 is 62.3 Å². The minimum absolute atomic E-state index is 0. The number of carbonyl (C=O) groups is 1. The van der Waals surface area contributed by atoms with E-state index in [1.54, 1.807) is 6.54 Å². The first kappa shape index (κ1) is 13.4. The van der Waals surface area contributed by atoms with Crippen molar-refractivity contribution in [3.63, 3.8) is 0 Å². The topological polar surface area (TPSA) is 37.4 Å². The van der Waals surface area contributed by atoms with E-state index in [0.29, 0.717) is 5.75 Å². The van der Waals surface area contributed by atoms with Gasteiger partial charge in [0.25, 0.3) is 0 Å². The molecule has 0 saturated carbocycles. The Morgan fingerprint density at radius 1 is 1.70 bits per heavy atom. The predicted molar refractivity (Wildman–Crippen MR) is 42.0 cm³/mol. The fourth-order valence-electron chi connectivity index (χ4n) is 0.443. The minimum atomic E-state index is 0. The second-order valence-electron chi connectivity index (χ2n) is 1.42. The summed E-state index contributed by atoms with van der Waals surface area (Å²) >= 11 is 1.53. The summed E-state index contributed by atoms with van der Waals surface area (Å²) in [7, 11) is 1.87. The Morgan fingerprint density at radius 2 is 2.20 bits per heavy atom. The Hall–Kier alpha value is 0.780. The van der Waals surface area contributed by atoms with Gasteiger partial charge in [0.2, 0.25) is 0 Å². The van der Waals surface area contributed by atoms with Gasteiger partial charge >= 0.3 is 37.7 Å². The smallest absolute Gasteiger partial charge is 0.545 e. The summed E-state index contributed by atoms with van der Waals surface area (Å²) in [4.78, 5) is 18.1. The van der Waals surface area contributed by atoms with E-state index in [9.17, 15) is 4.79 Å². The second-order valence-corrected chi connectivity index (χ2v) is 2.54. The van der Waals surface area contributed by atoms with Gasteiger partial charge in [0, 0.05) is 11.5 Å². The summed E-state index contributed by atoms with van der Waals surface area (Å²) in [6.45, 7) is 4.85. The van der Waals surface area contributed by atoms with Crippen molar-refractivity contribution in [1.82, 2.24) is 4.31 Å². The molecule has 52 valence electrons. The molecule has 0 N–H and O–H groups in total. The molecular formula is C5H7CaNO2S. The molecule has 0 aliphatic carbocycles. The molecule has 0 spiro atoms. The first-order valence-corrected chi connectivity index (χ1v) is 3.20. The van der Waals surface area contributed by atoms with Crippen molar-refractivity contribution in [3.05, 3.63) is 6.54 Å². The largest absolute Gasteiger partial charge is 2.00 e. The third-order valence-electron chi connectivity index (χ3n) is 0.736. The Morgan fingerprint density at radius 3 is 2.30 bits per heavy atom. The molecule has 3 nitrogen and oxygen atoms in total. The van der Waals surface area contributed by atoms with Crippen LogP contribution in [0.25, 0.3) is 0 Å². The molecule has 0 unspecified atom stereocenters. The van der Waals surface area contributed by atoms with Crippen LogP contribution in [0.2, 0.25) is 0 Å². The number of likely N-dealkylation sites (N-methyl/N-ethyl adjacent to an activating group) is 1. The van der Waals surface area contributed by atoms with Gasteiger partial charge in [-0.05, 0) is 7.05 Å². The maximum absolute atomic E-state index is 10.3. The molecule has 1 aliphatic heterocycles. The second kappa shape index (κ2) is 7.88. The summed E-state index contributed by atoms with van der Waals surface area (Å²) in [6, 6.07) is 0. The summed E-state index contributed by atoms with van der Waals surface area (Å²) < 4.78 is 1.82. The zero-order valence-corrected chi connectivity index (χ0v) is 8.77. The van der Waals surface area contributed by atoms with Crippen molar-refractivity contribution < 1.29 is 9.59 Å². The van der Waals surface area contributed by atoms with Gasteiger partial charge in [0.15, 0.2) is 0 Å². The number of carbonyl (C=O) groups excluding carboxylic acids is 2. The van der Waals surface area contributed by atoms with Gasteiger partial charge in [-0.1, -0.05) is 0 Å². The molecule has 5 heteroatoms. The molecule has 1 saturated heterocycles. The molecule has 0 radical (unpaired) electrons. The average molecular weight is 185 g/mol. The van der Waals surface area contributed by atoms with Crippen LogP contribution in [0.4, 0.5) is 0 Å². The third-order valence-corrected chi connectivity index (χ3v) is 1.66. The van der Waals surface area contributed by atoms with Crippen LogP contribution in [0.15, 0.2) is 0 Å². The van der Waals surface area contributed by atoms with E-state index in [1.165, 1.54) is 11.9 Å². The molecular weight excluding hydrogens is 178 g/mol. The zero-order valence-electron chi connectivity index (χ0n) is 5.74. The van der Waals surface area contributed by atoms with Crippen LogP contribution in [0, 0.1) is 6.54 Å². The first-order valence-electron chi connectivity index (χ1n) is 2.26. The van der Waals surface area contributed by atoms with Crippen LogP contribution in [-0.4, -0.2) is 67.4 Å². The monoisotopic (exact) mass is 185 g/mol. The van der Waals surface area contributed by atoms with E-state index < -0.39 is 0 Å². The summed E-state index contributed by atoms with van der Waals surface area (Å²) in [5.74, 6) is 0.837. The van der Waals surface area contributed by atoms with Crippen LogP contribution in [0.5, 0.6) is 0 Å². The normalized spacial score (nSPS) is 16.3. The van der Waals surface area contributed by atoms with Gasteiger partial charge in [0.1, 0.15) is 0 Å². The molecule has 0 amide bonds. The Labute approximate surface area is 94.7 Å². The molecule has 1 fully saturated rings. The first-order chi connectivity index (χ1) is 4.29. The van der Waals surface area contributed by atoms with E-state index in [0.717, 1.165) is 0 Å². The van der Waals surface area contributed by atoms with Crippen molar-refractivity contribution in [3.8, 4) is 0 Å². The van der Waals surface area contributed by atoms with Gasteiger partial charge in [0.05, 0.1) is 0 Å². The number of ketones is 1. The van der Waals surface area contributed by atoms with Gasteiger partial charge in [-0.3, -0.25) is 13.3 Å². The van der Waals surface area contributed by atoms with Crippen molar-refractivity contribution in [2.45, 2.75) is 0 Å². The molecule has 0 bridgehead atoms. The molecule has 1 aliphatic rings. The Balaban J connectivity index is 0. The van der Waals surface area contributed by atoms with E-state index >= 15 is 0 Å². The van der Waals surface area contributed by atoms with E-state index in [1.807, 2.05) is 11.4 Å². The number of hydrogen-bond acceptors (Lipinski definition) is 4. The predicted octanol–water partition coefficient (Wildman–Crippen LogP) is -0.344.